The first-order chi connectivity index (χ1) is 13.1. The second-order valence-corrected chi connectivity index (χ2v) is 7.26. The van der Waals surface area contributed by atoms with Crippen LogP contribution < -0.4 is 15.6 Å². The Labute approximate surface area is 157 Å². The van der Waals surface area contributed by atoms with Crippen molar-refractivity contribution in [2.45, 2.75) is 19.4 Å². The van der Waals surface area contributed by atoms with Gasteiger partial charge in [0.25, 0.3) is 5.56 Å². The molecule has 2 aromatic rings. The fourth-order valence-corrected chi connectivity index (χ4v) is 4.13. The third-order valence-electron chi connectivity index (χ3n) is 5.52. The highest BCUT2D eigenvalue weighted by atomic mass is 16.5. The van der Waals surface area contributed by atoms with Crippen molar-refractivity contribution in [3.05, 3.63) is 58.9 Å². The van der Waals surface area contributed by atoms with Crippen LogP contribution in [0.15, 0.2) is 53.3 Å². The fourth-order valence-electron chi connectivity index (χ4n) is 4.13. The first kappa shape index (κ1) is 17.5. The quantitative estimate of drug-likeness (QED) is 0.797. The van der Waals surface area contributed by atoms with Gasteiger partial charge in [0.05, 0.1) is 12.8 Å². The molecule has 1 aromatic heterocycles. The highest BCUT2D eigenvalue weighted by molar-refractivity contribution is 5.75. The van der Waals surface area contributed by atoms with Crippen LogP contribution in [-0.2, 0) is 11.3 Å². The maximum Gasteiger partial charge on any atom is 0.267 e. The van der Waals surface area contributed by atoms with Crippen LogP contribution in [0.25, 0.3) is 11.3 Å². The molecule has 6 nitrogen and oxygen atoms in total. The topological polar surface area (TPSA) is 73.2 Å². The zero-order valence-electron chi connectivity index (χ0n) is 15.3. The number of rotatable bonds is 6. The number of allylic oxidation sites excluding steroid dienone is 2. The summed E-state index contributed by atoms with van der Waals surface area (Å²) >= 11 is 0. The molecule has 2 aliphatic rings. The number of hydrogen-bond donors (Lipinski definition) is 1. The van der Waals surface area contributed by atoms with Crippen LogP contribution in [0, 0.1) is 17.8 Å². The standard InChI is InChI=1S/C21H23N3O3/c1-27-19-5-3-2-4-17(19)18-8-9-21(26)24(23-18)13-20(25)22-12-16-11-14-6-7-15(16)10-14/h2-9,14-16H,10-13H2,1H3,(H,22,25). The molecule has 1 fully saturated rings. The number of amides is 1. The van der Waals surface area contributed by atoms with Crippen LogP contribution in [-0.4, -0.2) is 29.3 Å². The first-order valence-corrected chi connectivity index (χ1v) is 9.30. The summed E-state index contributed by atoms with van der Waals surface area (Å²) in [6.45, 7) is 0.573. The highest BCUT2D eigenvalue weighted by Gasteiger charge is 2.35. The molecule has 27 heavy (non-hydrogen) atoms. The fraction of sp³-hybridized carbons (Fsp3) is 0.381. The zero-order valence-corrected chi connectivity index (χ0v) is 15.3. The second kappa shape index (κ2) is 7.39. The number of nitrogens with one attached hydrogen (secondary N) is 1. The Balaban J connectivity index is 1.44. The van der Waals surface area contributed by atoms with Gasteiger partial charge in [0.15, 0.2) is 0 Å². The summed E-state index contributed by atoms with van der Waals surface area (Å²) < 4.78 is 6.56. The van der Waals surface area contributed by atoms with Crippen LogP contribution in [0.1, 0.15) is 12.8 Å². The number of fused-ring (bicyclic) bond motifs is 2. The summed E-state index contributed by atoms with van der Waals surface area (Å²) in [6, 6.07) is 10.5. The summed E-state index contributed by atoms with van der Waals surface area (Å²) in [6.07, 6.45) is 6.91. The Kier molecular flexibility index (Phi) is 4.79. The Hall–Kier alpha value is -2.89. The van der Waals surface area contributed by atoms with Crippen LogP contribution in [0.5, 0.6) is 5.75 Å². The molecule has 1 aromatic carbocycles. The van der Waals surface area contributed by atoms with Crippen molar-refractivity contribution in [2.75, 3.05) is 13.7 Å². The summed E-state index contributed by atoms with van der Waals surface area (Å²) in [5.41, 5.74) is 1.08. The number of benzene rings is 1. The molecular weight excluding hydrogens is 342 g/mol. The molecule has 2 bridgehead atoms. The minimum absolute atomic E-state index is 0.0848. The van der Waals surface area contributed by atoms with Crippen molar-refractivity contribution in [2.24, 2.45) is 17.8 Å². The van der Waals surface area contributed by atoms with Gasteiger partial charge in [-0.3, -0.25) is 9.59 Å². The van der Waals surface area contributed by atoms with Crippen molar-refractivity contribution in [1.29, 1.82) is 0 Å². The normalized spacial score (nSPS) is 22.8. The molecule has 1 saturated carbocycles. The largest absolute Gasteiger partial charge is 0.496 e. The monoisotopic (exact) mass is 365 g/mol. The van der Waals surface area contributed by atoms with E-state index >= 15 is 0 Å². The van der Waals surface area contributed by atoms with Gasteiger partial charge in [-0.1, -0.05) is 24.3 Å². The lowest BCUT2D eigenvalue weighted by molar-refractivity contribution is -0.122. The Morgan fingerprint density at radius 2 is 2.07 bits per heavy atom. The third kappa shape index (κ3) is 3.65. The smallest absolute Gasteiger partial charge is 0.267 e. The van der Waals surface area contributed by atoms with E-state index in [1.807, 2.05) is 24.3 Å². The van der Waals surface area contributed by atoms with E-state index in [1.165, 1.54) is 17.2 Å². The molecule has 4 rings (SSSR count). The molecule has 6 heteroatoms. The third-order valence-corrected chi connectivity index (χ3v) is 5.52. The average molecular weight is 365 g/mol. The summed E-state index contributed by atoms with van der Waals surface area (Å²) in [5, 5.41) is 7.33. The number of methoxy groups -OCH3 is 1. The molecule has 1 amide bonds. The lowest BCUT2D eigenvalue weighted by Crippen LogP contribution is -2.36. The number of hydrogen-bond acceptors (Lipinski definition) is 4. The molecule has 0 saturated heterocycles. The van der Waals surface area contributed by atoms with E-state index in [1.54, 1.807) is 13.2 Å². The van der Waals surface area contributed by atoms with Gasteiger partial charge in [0, 0.05) is 18.2 Å². The Morgan fingerprint density at radius 1 is 1.22 bits per heavy atom. The molecule has 140 valence electrons. The van der Waals surface area contributed by atoms with Gasteiger partial charge in [0.2, 0.25) is 5.91 Å². The molecule has 3 atom stereocenters. The molecule has 1 heterocycles. The predicted octanol–water partition coefficient (Wildman–Crippen LogP) is 2.25. The van der Waals surface area contributed by atoms with Gasteiger partial charge < -0.3 is 10.1 Å². The molecule has 3 unspecified atom stereocenters. The van der Waals surface area contributed by atoms with Crippen molar-refractivity contribution < 1.29 is 9.53 Å². The van der Waals surface area contributed by atoms with Gasteiger partial charge in [-0.05, 0) is 48.8 Å². The molecule has 0 aliphatic heterocycles. The molecular formula is C21H23N3O3. The minimum Gasteiger partial charge on any atom is -0.496 e. The number of para-hydroxylation sites is 1. The van der Waals surface area contributed by atoms with Crippen LogP contribution in [0.3, 0.4) is 0 Å². The number of nitrogens with zero attached hydrogens (tertiary/aromatic N) is 2. The molecule has 2 aliphatic carbocycles. The Bertz CT molecular complexity index is 934. The number of carbonyl (C=O) groups excluding carboxylic acids is 1. The maximum absolute atomic E-state index is 12.3. The van der Waals surface area contributed by atoms with Crippen molar-refractivity contribution in [3.63, 3.8) is 0 Å². The minimum atomic E-state index is -0.299. The Morgan fingerprint density at radius 3 is 2.81 bits per heavy atom. The van der Waals surface area contributed by atoms with Crippen molar-refractivity contribution in [3.8, 4) is 17.0 Å². The van der Waals surface area contributed by atoms with E-state index in [0.717, 1.165) is 12.0 Å². The van der Waals surface area contributed by atoms with Crippen LogP contribution in [0.2, 0.25) is 0 Å². The summed E-state index contributed by atoms with van der Waals surface area (Å²) in [4.78, 5) is 24.5. The van der Waals surface area contributed by atoms with E-state index in [-0.39, 0.29) is 18.0 Å². The maximum atomic E-state index is 12.3. The van der Waals surface area contributed by atoms with Gasteiger partial charge in [-0.2, -0.15) is 5.10 Å². The van der Waals surface area contributed by atoms with Crippen LogP contribution >= 0.6 is 0 Å². The van der Waals surface area contributed by atoms with Gasteiger partial charge in [0.1, 0.15) is 12.3 Å². The number of carbonyl (C=O) groups is 1. The highest BCUT2D eigenvalue weighted by Crippen LogP contribution is 2.42. The summed E-state index contributed by atoms with van der Waals surface area (Å²) in [7, 11) is 1.59. The van der Waals surface area contributed by atoms with E-state index in [0.29, 0.717) is 35.7 Å². The van der Waals surface area contributed by atoms with E-state index in [9.17, 15) is 9.59 Å². The number of ether oxygens (including phenoxy) is 1. The lowest BCUT2D eigenvalue weighted by atomic mass is 9.94. The van der Waals surface area contributed by atoms with Gasteiger partial charge in [-0.15, -0.1) is 0 Å². The predicted molar refractivity (Wildman–Crippen MR) is 102 cm³/mol. The molecule has 0 spiro atoms. The lowest BCUT2D eigenvalue weighted by Gasteiger charge is -2.18. The molecule has 1 N–H and O–H groups in total. The van der Waals surface area contributed by atoms with Crippen molar-refractivity contribution in [1.82, 2.24) is 15.1 Å². The average Bonchev–Trinajstić information content (AvgIpc) is 3.31. The van der Waals surface area contributed by atoms with Gasteiger partial charge >= 0.3 is 0 Å². The first-order valence-electron chi connectivity index (χ1n) is 9.30. The van der Waals surface area contributed by atoms with Crippen molar-refractivity contribution >= 4 is 5.91 Å². The SMILES string of the molecule is COc1ccccc1-c1ccc(=O)n(CC(=O)NCC2CC3C=CC2C3)n1. The van der Waals surface area contributed by atoms with Crippen LogP contribution in [0.4, 0.5) is 0 Å². The summed E-state index contributed by atoms with van der Waals surface area (Å²) in [5.74, 6) is 2.26. The van der Waals surface area contributed by atoms with E-state index < -0.39 is 0 Å². The van der Waals surface area contributed by atoms with Gasteiger partial charge in [-0.25, -0.2) is 4.68 Å². The number of aromatic nitrogens is 2. The molecule has 0 radical (unpaired) electrons. The van der Waals surface area contributed by atoms with E-state index in [2.05, 4.69) is 22.6 Å². The zero-order chi connectivity index (χ0) is 18.8. The second-order valence-electron chi connectivity index (χ2n) is 7.26. The van der Waals surface area contributed by atoms with E-state index in [4.69, 9.17) is 4.74 Å².